The Hall–Kier alpha value is -1.66. The maximum Gasteiger partial charge on any atom is 0.272 e. The third kappa shape index (κ3) is 4.68. The Labute approximate surface area is 144 Å². The topological polar surface area (TPSA) is 57.7 Å². The van der Waals surface area contributed by atoms with Gasteiger partial charge in [0.2, 0.25) is 0 Å². The highest BCUT2D eigenvalue weighted by Gasteiger charge is 2.22. The van der Waals surface area contributed by atoms with Crippen LogP contribution in [0.1, 0.15) is 30.3 Å². The summed E-state index contributed by atoms with van der Waals surface area (Å²) in [4.78, 5) is 21.2. The minimum Gasteiger partial charge on any atom is -0.383 e. The Morgan fingerprint density at radius 3 is 2.88 bits per heavy atom. The zero-order valence-electron chi connectivity index (χ0n) is 14.5. The number of amides is 1. The highest BCUT2D eigenvalue weighted by atomic mass is 16.5. The Kier molecular flexibility index (Phi) is 6.04. The van der Waals surface area contributed by atoms with E-state index in [4.69, 9.17) is 4.74 Å². The number of carbonyl (C=O) groups excluding carboxylic acids is 1. The van der Waals surface area contributed by atoms with E-state index in [2.05, 4.69) is 22.1 Å². The smallest absolute Gasteiger partial charge is 0.272 e. The lowest BCUT2D eigenvalue weighted by Gasteiger charge is -2.30. The van der Waals surface area contributed by atoms with E-state index in [-0.39, 0.29) is 5.91 Å². The van der Waals surface area contributed by atoms with Crippen molar-refractivity contribution in [2.24, 2.45) is 5.92 Å². The standard InChI is InChI=1S/C18H28N4O2/c1-15-3-2-7-22(14-15)18(23)17-5-4-16(13-20-17)19-6-8-21-9-11-24-12-10-21/h4-5,13,15,19H,2-3,6-12,14H2,1H3. The number of anilines is 1. The molecule has 1 atom stereocenters. The number of likely N-dealkylation sites (tertiary alicyclic amines) is 1. The number of morpholine rings is 1. The lowest BCUT2D eigenvalue weighted by atomic mass is 10.00. The normalized spacial score (nSPS) is 22.4. The highest BCUT2D eigenvalue weighted by molar-refractivity contribution is 5.92. The van der Waals surface area contributed by atoms with E-state index in [9.17, 15) is 4.79 Å². The molecule has 0 bridgehead atoms. The number of hydrogen-bond donors (Lipinski definition) is 1. The van der Waals surface area contributed by atoms with Crippen molar-refractivity contribution >= 4 is 11.6 Å². The van der Waals surface area contributed by atoms with Crippen molar-refractivity contribution in [3.05, 3.63) is 24.0 Å². The molecule has 2 aliphatic rings. The lowest BCUT2D eigenvalue weighted by molar-refractivity contribution is 0.0398. The maximum atomic E-state index is 12.5. The zero-order chi connectivity index (χ0) is 16.8. The Morgan fingerprint density at radius 2 is 2.17 bits per heavy atom. The molecule has 3 heterocycles. The minimum atomic E-state index is 0.0569. The molecular weight excluding hydrogens is 304 g/mol. The van der Waals surface area contributed by atoms with Crippen LogP contribution in [0.3, 0.4) is 0 Å². The maximum absolute atomic E-state index is 12.5. The summed E-state index contributed by atoms with van der Waals surface area (Å²) in [6, 6.07) is 3.78. The van der Waals surface area contributed by atoms with Gasteiger partial charge in [0.1, 0.15) is 5.69 Å². The molecule has 2 aliphatic heterocycles. The molecule has 1 aromatic heterocycles. The molecule has 0 saturated carbocycles. The summed E-state index contributed by atoms with van der Waals surface area (Å²) < 4.78 is 5.35. The third-order valence-electron chi connectivity index (χ3n) is 4.79. The van der Waals surface area contributed by atoms with Gasteiger partial charge < -0.3 is 15.0 Å². The van der Waals surface area contributed by atoms with Crippen molar-refractivity contribution in [3.8, 4) is 0 Å². The van der Waals surface area contributed by atoms with Gasteiger partial charge in [-0.25, -0.2) is 4.98 Å². The molecule has 0 spiro atoms. The number of ether oxygens (including phenoxy) is 1. The van der Waals surface area contributed by atoms with Crippen LogP contribution in [0.25, 0.3) is 0 Å². The molecule has 24 heavy (non-hydrogen) atoms. The molecule has 0 aromatic carbocycles. The zero-order valence-corrected chi connectivity index (χ0v) is 14.5. The van der Waals surface area contributed by atoms with Crippen LogP contribution in [0.4, 0.5) is 5.69 Å². The lowest BCUT2D eigenvalue weighted by Crippen LogP contribution is -2.39. The summed E-state index contributed by atoms with van der Waals surface area (Å²) in [5.41, 5.74) is 1.51. The number of nitrogens with one attached hydrogen (secondary N) is 1. The molecule has 1 N–H and O–H groups in total. The fourth-order valence-electron chi connectivity index (χ4n) is 3.34. The molecular formula is C18H28N4O2. The van der Waals surface area contributed by atoms with Crippen molar-refractivity contribution in [1.29, 1.82) is 0 Å². The number of aromatic nitrogens is 1. The van der Waals surface area contributed by atoms with E-state index in [1.54, 1.807) is 6.20 Å². The van der Waals surface area contributed by atoms with Crippen molar-refractivity contribution < 1.29 is 9.53 Å². The van der Waals surface area contributed by atoms with Gasteiger partial charge in [-0.3, -0.25) is 9.69 Å². The summed E-state index contributed by atoms with van der Waals surface area (Å²) in [7, 11) is 0. The first-order valence-electron chi connectivity index (χ1n) is 9.01. The number of hydrogen-bond acceptors (Lipinski definition) is 5. The second-order valence-corrected chi connectivity index (χ2v) is 6.81. The monoisotopic (exact) mass is 332 g/mol. The largest absolute Gasteiger partial charge is 0.383 e. The minimum absolute atomic E-state index is 0.0569. The van der Waals surface area contributed by atoms with E-state index >= 15 is 0 Å². The summed E-state index contributed by atoms with van der Waals surface area (Å²) in [5.74, 6) is 0.644. The highest BCUT2D eigenvalue weighted by Crippen LogP contribution is 2.17. The van der Waals surface area contributed by atoms with Gasteiger partial charge in [-0.2, -0.15) is 0 Å². The van der Waals surface area contributed by atoms with Crippen LogP contribution in [0, 0.1) is 5.92 Å². The van der Waals surface area contributed by atoms with Crippen LogP contribution >= 0.6 is 0 Å². The third-order valence-corrected chi connectivity index (χ3v) is 4.79. The molecule has 1 amide bonds. The van der Waals surface area contributed by atoms with E-state index in [1.165, 1.54) is 6.42 Å². The molecule has 0 radical (unpaired) electrons. The molecule has 1 unspecified atom stereocenters. The van der Waals surface area contributed by atoms with Crippen molar-refractivity contribution in [2.75, 3.05) is 57.8 Å². The van der Waals surface area contributed by atoms with Gasteiger partial charge in [0.15, 0.2) is 0 Å². The molecule has 1 aromatic rings. The molecule has 6 nitrogen and oxygen atoms in total. The van der Waals surface area contributed by atoms with Gasteiger partial charge in [0.05, 0.1) is 25.1 Å². The van der Waals surface area contributed by atoms with Crippen molar-refractivity contribution in [1.82, 2.24) is 14.8 Å². The van der Waals surface area contributed by atoms with Gasteiger partial charge in [0.25, 0.3) is 5.91 Å². The average Bonchev–Trinajstić information content (AvgIpc) is 2.63. The Bertz CT molecular complexity index is 528. The van der Waals surface area contributed by atoms with Crippen molar-refractivity contribution in [2.45, 2.75) is 19.8 Å². The molecule has 2 saturated heterocycles. The number of carbonyl (C=O) groups is 1. The van der Waals surface area contributed by atoms with Crippen LogP contribution in [0.5, 0.6) is 0 Å². The van der Waals surface area contributed by atoms with E-state index in [1.807, 2.05) is 17.0 Å². The Morgan fingerprint density at radius 1 is 1.33 bits per heavy atom. The Balaban J connectivity index is 1.46. The van der Waals surface area contributed by atoms with Crippen LogP contribution in [0.15, 0.2) is 18.3 Å². The van der Waals surface area contributed by atoms with E-state index in [0.717, 1.165) is 64.6 Å². The molecule has 2 fully saturated rings. The fraction of sp³-hybridized carbons (Fsp3) is 0.667. The van der Waals surface area contributed by atoms with Gasteiger partial charge >= 0.3 is 0 Å². The fourth-order valence-corrected chi connectivity index (χ4v) is 3.34. The first kappa shape index (κ1) is 17.2. The summed E-state index contributed by atoms with van der Waals surface area (Å²) in [6.07, 6.45) is 4.07. The predicted octanol–water partition coefficient (Wildman–Crippen LogP) is 1.70. The number of nitrogens with zero attached hydrogens (tertiary/aromatic N) is 3. The number of rotatable bonds is 5. The summed E-state index contributed by atoms with van der Waals surface area (Å²) in [5, 5.41) is 3.37. The van der Waals surface area contributed by atoms with Crippen LogP contribution in [-0.2, 0) is 4.74 Å². The predicted molar refractivity (Wildman–Crippen MR) is 94.3 cm³/mol. The summed E-state index contributed by atoms with van der Waals surface area (Å²) in [6.45, 7) is 9.43. The second kappa shape index (κ2) is 8.44. The number of piperidine rings is 1. The molecule has 132 valence electrons. The number of pyridine rings is 1. The van der Waals surface area contributed by atoms with Gasteiger partial charge in [-0.05, 0) is 30.9 Å². The average molecular weight is 332 g/mol. The first-order valence-corrected chi connectivity index (χ1v) is 9.01. The van der Waals surface area contributed by atoms with E-state index < -0.39 is 0 Å². The van der Waals surface area contributed by atoms with Crippen LogP contribution < -0.4 is 5.32 Å². The first-order chi connectivity index (χ1) is 11.7. The van der Waals surface area contributed by atoms with E-state index in [0.29, 0.717) is 11.6 Å². The van der Waals surface area contributed by atoms with Crippen molar-refractivity contribution in [3.63, 3.8) is 0 Å². The van der Waals surface area contributed by atoms with Gasteiger partial charge in [-0.1, -0.05) is 6.92 Å². The quantitative estimate of drug-likeness (QED) is 0.889. The molecule has 3 rings (SSSR count). The molecule has 6 heteroatoms. The van der Waals surface area contributed by atoms with Gasteiger partial charge in [-0.15, -0.1) is 0 Å². The summed E-state index contributed by atoms with van der Waals surface area (Å²) >= 11 is 0. The van der Waals surface area contributed by atoms with Gasteiger partial charge in [0, 0.05) is 39.3 Å². The SMILES string of the molecule is CC1CCCN(C(=O)c2ccc(NCCN3CCOCC3)cn2)C1. The second-order valence-electron chi connectivity index (χ2n) is 6.81. The van der Waals surface area contributed by atoms with Crippen LogP contribution in [-0.4, -0.2) is 73.2 Å². The van der Waals surface area contributed by atoms with Crippen LogP contribution in [0.2, 0.25) is 0 Å². The molecule has 0 aliphatic carbocycles.